The number of carbonyl (C=O) groups is 1. The lowest BCUT2D eigenvalue weighted by Gasteiger charge is -2.33. The van der Waals surface area contributed by atoms with Crippen LogP contribution in [0.4, 0.5) is 5.95 Å². The highest BCUT2D eigenvalue weighted by molar-refractivity contribution is 7.17. The minimum Gasteiger partial charge on any atom is -0.353 e. The van der Waals surface area contributed by atoms with Crippen molar-refractivity contribution in [2.45, 2.75) is 57.4 Å². The lowest BCUT2D eigenvalue weighted by atomic mass is 9.96. The molecular formula is C25H30N4O2S. The minimum absolute atomic E-state index is 0.0657. The van der Waals surface area contributed by atoms with Gasteiger partial charge in [0.15, 0.2) is 0 Å². The van der Waals surface area contributed by atoms with Gasteiger partial charge in [0.05, 0.1) is 11.4 Å². The number of piperidine rings is 1. The van der Waals surface area contributed by atoms with Crippen molar-refractivity contribution in [3.8, 4) is 11.1 Å². The second-order valence-electron chi connectivity index (χ2n) is 9.06. The number of carbonyl (C=O) groups excluding carboxylic acids is 1. The van der Waals surface area contributed by atoms with E-state index in [1.54, 1.807) is 0 Å². The molecule has 0 radical (unpaired) electrons. The molecule has 3 heterocycles. The number of anilines is 1. The first-order chi connectivity index (χ1) is 15.7. The van der Waals surface area contributed by atoms with Crippen molar-refractivity contribution in [2.24, 2.45) is 5.92 Å². The minimum atomic E-state index is -0.109. The van der Waals surface area contributed by atoms with E-state index in [1.165, 1.54) is 37.0 Å². The molecule has 6 nitrogen and oxygen atoms in total. The Hall–Kier alpha value is -2.67. The Morgan fingerprint density at radius 3 is 2.62 bits per heavy atom. The number of nitrogens with zero attached hydrogens (tertiary/aromatic N) is 2. The number of benzene rings is 1. The van der Waals surface area contributed by atoms with Crippen LogP contribution in [0.3, 0.4) is 0 Å². The van der Waals surface area contributed by atoms with Crippen LogP contribution in [-0.2, 0) is 4.79 Å². The van der Waals surface area contributed by atoms with Crippen LogP contribution < -0.4 is 15.8 Å². The molecule has 1 saturated carbocycles. The van der Waals surface area contributed by atoms with Gasteiger partial charge in [-0.15, -0.1) is 11.3 Å². The zero-order valence-corrected chi connectivity index (χ0v) is 19.1. The van der Waals surface area contributed by atoms with Crippen LogP contribution in [0.15, 0.2) is 40.5 Å². The van der Waals surface area contributed by atoms with E-state index in [4.69, 9.17) is 4.98 Å². The second-order valence-corrected chi connectivity index (χ2v) is 9.94. The van der Waals surface area contributed by atoms with Crippen molar-refractivity contribution in [3.63, 3.8) is 0 Å². The average molecular weight is 451 g/mol. The van der Waals surface area contributed by atoms with E-state index in [2.05, 4.69) is 15.2 Å². The van der Waals surface area contributed by atoms with E-state index in [1.807, 2.05) is 35.7 Å². The number of thiophene rings is 1. The Labute approximate surface area is 192 Å². The molecule has 0 bridgehead atoms. The van der Waals surface area contributed by atoms with Crippen molar-refractivity contribution in [1.29, 1.82) is 0 Å². The van der Waals surface area contributed by atoms with Crippen LogP contribution >= 0.6 is 11.3 Å². The molecule has 1 amide bonds. The zero-order valence-electron chi connectivity index (χ0n) is 18.3. The normalized spacial score (nSPS) is 20.2. The largest absolute Gasteiger partial charge is 0.353 e. The summed E-state index contributed by atoms with van der Waals surface area (Å²) in [7, 11) is 0. The molecule has 1 aliphatic carbocycles. The number of hydrogen-bond donors (Lipinski definition) is 2. The molecule has 0 spiro atoms. The van der Waals surface area contributed by atoms with E-state index in [-0.39, 0.29) is 17.4 Å². The lowest BCUT2D eigenvalue weighted by molar-refractivity contribution is -0.126. The number of H-pyrrole nitrogens is 1. The number of rotatable bonds is 4. The summed E-state index contributed by atoms with van der Waals surface area (Å²) in [6.07, 6.45) is 8.95. The number of nitrogens with one attached hydrogen (secondary N) is 2. The average Bonchev–Trinajstić information content (AvgIpc) is 3.10. The van der Waals surface area contributed by atoms with Crippen LogP contribution in [0.1, 0.15) is 51.4 Å². The standard InChI is InChI=1S/C25H30N4O2S/c30-23(26-19-12-6-1-2-7-13-19)18-11-8-14-29(15-18)25-27-21-20(17-9-4-3-5-10-17)16-32-22(21)24(31)28-25/h3-5,9-10,16,18-19H,1-2,6-8,11-15H2,(H,26,30)(H,27,28,31). The van der Waals surface area contributed by atoms with Crippen LogP contribution in [0.5, 0.6) is 0 Å². The molecule has 7 heteroatoms. The summed E-state index contributed by atoms with van der Waals surface area (Å²) in [6, 6.07) is 10.4. The van der Waals surface area contributed by atoms with Gasteiger partial charge in [-0.25, -0.2) is 4.98 Å². The van der Waals surface area contributed by atoms with E-state index >= 15 is 0 Å². The Morgan fingerprint density at radius 1 is 1.06 bits per heavy atom. The second kappa shape index (κ2) is 9.45. The SMILES string of the molecule is O=C(NC1CCCCCC1)C1CCCN(c2nc3c(-c4ccccc4)csc3c(=O)[nH]2)C1. The first kappa shape index (κ1) is 21.2. The van der Waals surface area contributed by atoms with Gasteiger partial charge in [-0.05, 0) is 31.2 Å². The number of amides is 1. The third-order valence-corrected chi connectivity index (χ3v) is 7.76. The third kappa shape index (κ3) is 4.44. The van der Waals surface area contributed by atoms with Crippen molar-refractivity contribution >= 4 is 33.4 Å². The lowest BCUT2D eigenvalue weighted by Crippen LogP contribution is -2.46. The van der Waals surface area contributed by atoms with Crippen molar-refractivity contribution in [2.75, 3.05) is 18.0 Å². The fraction of sp³-hybridized carbons (Fsp3) is 0.480. The van der Waals surface area contributed by atoms with Crippen molar-refractivity contribution in [3.05, 3.63) is 46.1 Å². The van der Waals surface area contributed by atoms with E-state index in [0.29, 0.717) is 23.2 Å². The summed E-state index contributed by atoms with van der Waals surface area (Å²) >= 11 is 1.43. The Bertz CT molecular complexity index is 1130. The fourth-order valence-corrected chi connectivity index (χ4v) is 5.92. The summed E-state index contributed by atoms with van der Waals surface area (Å²) in [4.78, 5) is 35.7. The maximum Gasteiger partial charge on any atom is 0.270 e. The van der Waals surface area contributed by atoms with Gasteiger partial charge in [-0.1, -0.05) is 56.0 Å². The zero-order chi connectivity index (χ0) is 21.9. The predicted octanol–water partition coefficient (Wildman–Crippen LogP) is 4.71. The third-order valence-electron chi connectivity index (χ3n) is 6.79. The molecule has 2 fully saturated rings. The van der Waals surface area contributed by atoms with Crippen LogP contribution in [-0.4, -0.2) is 35.0 Å². The summed E-state index contributed by atoms with van der Waals surface area (Å²) < 4.78 is 0.646. The molecule has 3 aromatic rings. The first-order valence-corrected chi connectivity index (χ1v) is 12.7. The summed E-state index contributed by atoms with van der Waals surface area (Å²) in [5.74, 6) is 0.666. The molecule has 1 aliphatic heterocycles. The maximum atomic E-state index is 13.0. The van der Waals surface area contributed by atoms with Gasteiger partial charge in [0.2, 0.25) is 11.9 Å². The highest BCUT2D eigenvalue weighted by Gasteiger charge is 2.29. The summed E-state index contributed by atoms with van der Waals surface area (Å²) in [6.45, 7) is 1.39. The predicted molar refractivity (Wildman–Crippen MR) is 130 cm³/mol. The van der Waals surface area contributed by atoms with Crippen LogP contribution in [0, 0.1) is 5.92 Å². The fourth-order valence-electron chi connectivity index (χ4n) is 5.01. The van der Waals surface area contributed by atoms with Gasteiger partial charge in [-0.2, -0.15) is 0 Å². The molecule has 2 aliphatic rings. The maximum absolute atomic E-state index is 13.0. The van der Waals surface area contributed by atoms with Crippen LogP contribution in [0.25, 0.3) is 21.3 Å². The van der Waals surface area contributed by atoms with Gasteiger partial charge < -0.3 is 10.2 Å². The van der Waals surface area contributed by atoms with E-state index in [9.17, 15) is 9.59 Å². The first-order valence-electron chi connectivity index (χ1n) is 11.8. The molecule has 1 saturated heterocycles. The Morgan fingerprint density at radius 2 is 1.84 bits per heavy atom. The number of aromatic amines is 1. The quantitative estimate of drug-likeness (QED) is 0.565. The van der Waals surface area contributed by atoms with Gasteiger partial charge in [0.25, 0.3) is 5.56 Å². The molecule has 2 N–H and O–H groups in total. The van der Waals surface area contributed by atoms with Gasteiger partial charge in [0, 0.05) is 30.1 Å². The number of aromatic nitrogens is 2. The number of fused-ring (bicyclic) bond motifs is 1. The molecule has 2 aromatic heterocycles. The van der Waals surface area contributed by atoms with E-state index in [0.717, 1.165) is 48.9 Å². The molecule has 168 valence electrons. The topological polar surface area (TPSA) is 78.1 Å². The van der Waals surface area contributed by atoms with Crippen molar-refractivity contribution in [1.82, 2.24) is 15.3 Å². The molecule has 32 heavy (non-hydrogen) atoms. The Balaban J connectivity index is 1.36. The highest BCUT2D eigenvalue weighted by Crippen LogP contribution is 2.32. The van der Waals surface area contributed by atoms with Crippen molar-refractivity contribution < 1.29 is 4.79 Å². The molecule has 1 atom stereocenters. The van der Waals surface area contributed by atoms with Gasteiger partial charge in [0.1, 0.15) is 4.70 Å². The summed E-state index contributed by atoms with van der Waals surface area (Å²) in [5, 5.41) is 5.32. The van der Waals surface area contributed by atoms with Gasteiger partial charge in [-0.3, -0.25) is 14.6 Å². The van der Waals surface area contributed by atoms with Gasteiger partial charge >= 0.3 is 0 Å². The molecular weight excluding hydrogens is 420 g/mol. The van der Waals surface area contributed by atoms with E-state index < -0.39 is 0 Å². The van der Waals surface area contributed by atoms with Crippen LogP contribution in [0.2, 0.25) is 0 Å². The smallest absolute Gasteiger partial charge is 0.270 e. The Kier molecular flexibility index (Phi) is 6.26. The number of hydrogen-bond acceptors (Lipinski definition) is 5. The summed E-state index contributed by atoms with van der Waals surface area (Å²) in [5.41, 5.74) is 2.67. The molecule has 5 rings (SSSR count). The molecule has 1 unspecified atom stereocenters. The molecule has 1 aromatic carbocycles. The monoisotopic (exact) mass is 450 g/mol. The highest BCUT2D eigenvalue weighted by atomic mass is 32.1.